The van der Waals surface area contributed by atoms with Crippen LogP contribution in [0.1, 0.15) is 39.9 Å². The van der Waals surface area contributed by atoms with Gasteiger partial charge < -0.3 is 9.72 Å². The molecule has 0 radical (unpaired) electrons. The number of aromatic nitrogens is 1. The summed E-state index contributed by atoms with van der Waals surface area (Å²) in [6.45, 7) is 5.72. The van der Waals surface area contributed by atoms with Crippen molar-refractivity contribution in [2.45, 2.75) is 40.2 Å². The number of benzene rings is 1. The number of nitrogens with zero attached hydrogens (tertiary/aromatic N) is 1. The Labute approximate surface area is 140 Å². The molecule has 0 aliphatic carbocycles. The van der Waals surface area contributed by atoms with E-state index in [1.807, 2.05) is 37.3 Å². The molecule has 1 N–H and O–H groups in total. The number of hydrogen-bond acceptors (Lipinski definition) is 4. The number of pyridine rings is 1. The Morgan fingerprint density at radius 1 is 1.25 bits per heavy atom. The Kier molecular flexibility index (Phi) is 5.54. The second kappa shape index (κ2) is 7.60. The van der Waals surface area contributed by atoms with E-state index in [4.69, 9.17) is 10.00 Å². The maximum absolute atomic E-state index is 12.0. The Morgan fingerprint density at radius 3 is 2.62 bits per heavy atom. The van der Waals surface area contributed by atoms with Crippen LogP contribution in [-0.2, 0) is 22.6 Å². The van der Waals surface area contributed by atoms with E-state index in [1.165, 1.54) is 0 Å². The first-order chi connectivity index (χ1) is 11.4. The van der Waals surface area contributed by atoms with Crippen molar-refractivity contribution < 1.29 is 9.53 Å². The quantitative estimate of drug-likeness (QED) is 0.857. The second-order valence-corrected chi connectivity index (χ2v) is 5.76. The molecule has 24 heavy (non-hydrogen) atoms. The molecule has 1 aromatic heterocycles. The monoisotopic (exact) mass is 324 g/mol. The van der Waals surface area contributed by atoms with E-state index in [-0.39, 0.29) is 24.6 Å². The van der Waals surface area contributed by atoms with Gasteiger partial charge in [-0.25, -0.2) is 0 Å². The van der Waals surface area contributed by atoms with Crippen LogP contribution in [0.25, 0.3) is 0 Å². The van der Waals surface area contributed by atoms with E-state index in [0.29, 0.717) is 17.7 Å². The minimum absolute atomic E-state index is 0.101. The van der Waals surface area contributed by atoms with Crippen LogP contribution in [0.15, 0.2) is 29.1 Å². The van der Waals surface area contributed by atoms with Crippen LogP contribution in [0.3, 0.4) is 0 Å². The number of ether oxygens (including phenoxy) is 1. The largest absolute Gasteiger partial charge is 0.461 e. The zero-order valence-electron chi connectivity index (χ0n) is 14.1. The first kappa shape index (κ1) is 17.5. The number of esters is 1. The third-order valence-corrected chi connectivity index (χ3v) is 4.15. The number of H-pyrrole nitrogens is 1. The van der Waals surface area contributed by atoms with Crippen molar-refractivity contribution in [2.75, 3.05) is 0 Å². The van der Waals surface area contributed by atoms with Gasteiger partial charge in [-0.1, -0.05) is 24.3 Å². The topological polar surface area (TPSA) is 83.0 Å². The number of hydrogen-bond donors (Lipinski definition) is 1. The predicted molar refractivity (Wildman–Crippen MR) is 90.5 cm³/mol. The van der Waals surface area contributed by atoms with Crippen molar-refractivity contribution in [3.8, 4) is 6.07 Å². The standard InChI is InChI=1S/C19H20N2O3/c1-12-6-4-5-7-15(12)11-24-18(22)9-8-16-13(2)17(10-20)19(23)21-14(16)3/h4-7H,8-9,11H2,1-3H3,(H,21,23). The average Bonchev–Trinajstić information content (AvgIpc) is 2.54. The van der Waals surface area contributed by atoms with Gasteiger partial charge in [0.15, 0.2) is 0 Å². The summed E-state index contributed by atoms with van der Waals surface area (Å²) >= 11 is 0. The minimum Gasteiger partial charge on any atom is -0.461 e. The van der Waals surface area contributed by atoms with Gasteiger partial charge >= 0.3 is 5.97 Å². The molecule has 1 aromatic carbocycles. The number of aromatic amines is 1. The number of nitriles is 1. The molecular weight excluding hydrogens is 304 g/mol. The summed E-state index contributed by atoms with van der Waals surface area (Å²) in [5.41, 5.74) is 3.90. The number of nitrogens with one attached hydrogen (secondary N) is 1. The first-order valence-electron chi connectivity index (χ1n) is 7.76. The molecule has 0 amide bonds. The summed E-state index contributed by atoms with van der Waals surface area (Å²) in [4.78, 5) is 26.3. The molecule has 5 heteroatoms. The van der Waals surface area contributed by atoms with Crippen molar-refractivity contribution in [3.05, 3.63) is 68.1 Å². The lowest BCUT2D eigenvalue weighted by Gasteiger charge is -2.11. The molecule has 0 aliphatic heterocycles. The zero-order chi connectivity index (χ0) is 17.7. The predicted octanol–water partition coefficient (Wildman–Crippen LogP) is 2.85. The Bertz CT molecular complexity index is 860. The molecule has 1 heterocycles. The maximum Gasteiger partial charge on any atom is 0.306 e. The van der Waals surface area contributed by atoms with Crippen LogP contribution in [0.2, 0.25) is 0 Å². The third-order valence-electron chi connectivity index (χ3n) is 4.15. The fraction of sp³-hybridized carbons (Fsp3) is 0.316. The van der Waals surface area contributed by atoms with Crippen LogP contribution in [-0.4, -0.2) is 11.0 Å². The van der Waals surface area contributed by atoms with Crippen LogP contribution in [0, 0.1) is 32.1 Å². The number of rotatable bonds is 5. The van der Waals surface area contributed by atoms with Gasteiger partial charge in [0.2, 0.25) is 0 Å². The summed E-state index contributed by atoms with van der Waals surface area (Å²) < 4.78 is 5.31. The fourth-order valence-corrected chi connectivity index (χ4v) is 2.65. The Morgan fingerprint density at radius 2 is 1.96 bits per heavy atom. The summed E-state index contributed by atoms with van der Waals surface area (Å²) in [5, 5.41) is 9.07. The van der Waals surface area contributed by atoms with Gasteiger partial charge in [-0.3, -0.25) is 9.59 Å². The molecule has 0 bridgehead atoms. The highest BCUT2D eigenvalue weighted by Gasteiger charge is 2.14. The van der Waals surface area contributed by atoms with Gasteiger partial charge in [0.1, 0.15) is 18.2 Å². The van der Waals surface area contributed by atoms with Gasteiger partial charge in [-0.05, 0) is 49.4 Å². The molecule has 0 fully saturated rings. The van der Waals surface area contributed by atoms with Gasteiger partial charge in [-0.15, -0.1) is 0 Å². The van der Waals surface area contributed by atoms with E-state index >= 15 is 0 Å². The molecule has 2 rings (SSSR count). The number of carbonyl (C=O) groups excluding carboxylic acids is 1. The van der Waals surface area contributed by atoms with E-state index in [2.05, 4.69) is 4.98 Å². The van der Waals surface area contributed by atoms with Gasteiger partial charge in [0, 0.05) is 12.1 Å². The molecule has 0 saturated carbocycles. The van der Waals surface area contributed by atoms with Gasteiger partial charge in [-0.2, -0.15) is 5.26 Å². The lowest BCUT2D eigenvalue weighted by atomic mass is 9.99. The van der Waals surface area contributed by atoms with E-state index < -0.39 is 5.56 Å². The molecule has 0 saturated heterocycles. The maximum atomic E-state index is 12.0. The summed E-state index contributed by atoms with van der Waals surface area (Å²) in [6, 6.07) is 9.66. The number of carbonyl (C=O) groups is 1. The van der Waals surface area contributed by atoms with Crippen molar-refractivity contribution in [2.24, 2.45) is 0 Å². The molecule has 0 spiro atoms. The van der Waals surface area contributed by atoms with E-state index in [0.717, 1.165) is 16.7 Å². The third kappa shape index (κ3) is 3.90. The van der Waals surface area contributed by atoms with Crippen LogP contribution in [0.4, 0.5) is 0 Å². The molecular formula is C19H20N2O3. The fourth-order valence-electron chi connectivity index (χ4n) is 2.65. The van der Waals surface area contributed by atoms with Crippen molar-refractivity contribution >= 4 is 5.97 Å². The smallest absolute Gasteiger partial charge is 0.306 e. The summed E-state index contributed by atoms with van der Waals surface area (Å²) in [6.07, 6.45) is 0.625. The second-order valence-electron chi connectivity index (χ2n) is 5.76. The Balaban J connectivity index is 2.01. The molecule has 124 valence electrons. The molecule has 0 atom stereocenters. The first-order valence-corrected chi connectivity index (χ1v) is 7.76. The van der Waals surface area contributed by atoms with Crippen LogP contribution in [0.5, 0.6) is 0 Å². The van der Waals surface area contributed by atoms with Crippen molar-refractivity contribution in [3.63, 3.8) is 0 Å². The lowest BCUT2D eigenvalue weighted by Crippen LogP contribution is -2.17. The SMILES string of the molecule is Cc1ccccc1COC(=O)CCc1c(C)[nH]c(=O)c(C#N)c1C. The zero-order valence-corrected chi connectivity index (χ0v) is 14.1. The van der Waals surface area contributed by atoms with Crippen molar-refractivity contribution in [1.82, 2.24) is 4.98 Å². The summed E-state index contributed by atoms with van der Waals surface area (Å²) in [5.74, 6) is -0.304. The van der Waals surface area contributed by atoms with E-state index in [9.17, 15) is 9.59 Å². The normalized spacial score (nSPS) is 10.2. The van der Waals surface area contributed by atoms with Crippen LogP contribution < -0.4 is 5.56 Å². The highest BCUT2D eigenvalue weighted by Crippen LogP contribution is 2.16. The summed E-state index contributed by atoms with van der Waals surface area (Å²) in [7, 11) is 0. The van der Waals surface area contributed by atoms with Gasteiger partial charge in [0.05, 0.1) is 0 Å². The van der Waals surface area contributed by atoms with Crippen molar-refractivity contribution in [1.29, 1.82) is 5.26 Å². The highest BCUT2D eigenvalue weighted by atomic mass is 16.5. The molecule has 5 nitrogen and oxygen atoms in total. The lowest BCUT2D eigenvalue weighted by molar-refractivity contribution is -0.144. The average molecular weight is 324 g/mol. The number of aryl methyl sites for hydroxylation is 2. The van der Waals surface area contributed by atoms with Crippen LogP contribution >= 0.6 is 0 Å². The minimum atomic E-state index is -0.390. The van der Waals surface area contributed by atoms with Gasteiger partial charge in [0.25, 0.3) is 5.56 Å². The highest BCUT2D eigenvalue weighted by molar-refractivity contribution is 5.70. The van der Waals surface area contributed by atoms with E-state index in [1.54, 1.807) is 13.8 Å². The molecule has 0 unspecified atom stereocenters. The molecule has 0 aliphatic rings. The molecule has 2 aromatic rings. The Hall–Kier alpha value is -2.87.